The highest BCUT2D eigenvalue weighted by Crippen LogP contribution is 2.12. The zero-order valence-electron chi connectivity index (χ0n) is 14.5. The summed E-state index contributed by atoms with van der Waals surface area (Å²) in [6, 6.07) is 7.25. The topological polar surface area (TPSA) is 110 Å². The van der Waals surface area contributed by atoms with Crippen molar-refractivity contribution >= 4 is 24.4 Å². The van der Waals surface area contributed by atoms with Gasteiger partial charge in [0.15, 0.2) is 0 Å². The number of H-pyrrole nitrogens is 1. The SMILES string of the molecule is CC(C)COc1ccc(/C=N\n2c(=S)[nH]nc(CCC(=O)O)c2=O)cc1. The predicted molar refractivity (Wildman–Crippen MR) is 99.4 cm³/mol. The highest BCUT2D eigenvalue weighted by atomic mass is 32.1. The number of carbonyl (C=O) groups is 1. The van der Waals surface area contributed by atoms with Crippen LogP contribution in [0, 0.1) is 10.7 Å². The van der Waals surface area contributed by atoms with Gasteiger partial charge in [-0.15, -0.1) is 0 Å². The molecule has 0 spiro atoms. The monoisotopic (exact) mass is 376 g/mol. The van der Waals surface area contributed by atoms with E-state index in [1.165, 1.54) is 6.21 Å². The van der Waals surface area contributed by atoms with Crippen LogP contribution in [0.3, 0.4) is 0 Å². The third-order valence-electron chi connectivity index (χ3n) is 3.28. The van der Waals surface area contributed by atoms with E-state index >= 15 is 0 Å². The van der Waals surface area contributed by atoms with Crippen LogP contribution in [0.2, 0.25) is 0 Å². The van der Waals surface area contributed by atoms with Gasteiger partial charge in [0, 0.05) is 6.42 Å². The minimum Gasteiger partial charge on any atom is -0.493 e. The molecule has 0 saturated heterocycles. The van der Waals surface area contributed by atoms with Crippen molar-refractivity contribution in [3.63, 3.8) is 0 Å². The number of hydrogen-bond acceptors (Lipinski definition) is 6. The van der Waals surface area contributed by atoms with Gasteiger partial charge in [-0.25, -0.2) is 0 Å². The summed E-state index contributed by atoms with van der Waals surface area (Å²) in [5.74, 6) is 0.181. The van der Waals surface area contributed by atoms with E-state index in [0.717, 1.165) is 16.0 Å². The van der Waals surface area contributed by atoms with Crippen molar-refractivity contribution in [3.05, 3.63) is 50.6 Å². The number of aryl methyl sites for hydroxylation is 1. The van der Waals surface area contributed by atoms with Gasteiger partial charge in [0.2, 0.25) is 4.77 Å². The maximum absolute atomic E-state index is 12.3. The van der Waals surface area contributed by atoms with Gasteiger partial charge in [0.05, 0.1) is 19.2 Å². The normalized spacial score (nSPS) is 11.2. The Balaban J connectivity index is 2.16. The van der Waals surface area contributed by atoms with Gasteiger partial charge >= 0.3 is 5.97 Å². The van der Waals surface area contributed by atoms with E-state index in [4.69, 9.17) is 22.1 Å². The summed E-state index contributed by atoms with van der Waals surface area (Å²) in [7, 11) is 0. The summed E-state index contributed by atoms with van der Waals surface area (Å²) in [6.07, 6.45) is 1.28. The number of aromatic nitrogens is 3. The van der Waals surface area contributed by atoms with E-state index in [9.17, 15) is 9.59 Å². The van der Waals surface area contributed by atoms with E-state index in [2.05, 4.69) is 29.1 Å². The van der Waals surface area contributed by atoms with E-state index in [1.807, 2.05) is 24.3 Å². The first-order chi connectivity index (χ1) is 12.4. The maximum atomic E-state index is 12.3. The van der Waals surface area contributed by atoms with Gasteiger partial charge in [0.25, 0.3) is 5.56 Å². The van der Waals surface area contributed by atoms with Crippen LogP contribution in [0.1, 0.15) is 31.5 Å². The van der Waals surface area contributed by atoms with Crippen LogP contribution in [-0.2, 0) is 11.2 Å². The number of aromatic amines is 1. The Morgan fingerprint density at radius 3 is 2.73 bits per heavy atom. The number of nitrogens with one attached hydrogen (secondary N) is 1. The first-order valence-corrected chi connectivity index (χ1v) is 8.47. The standard InChI is InChI=1S/C17H20N4O4S/c1-11(2)10-25-13-5-3-12(4-6-13)9-18-21-16(24)14(7-8-15(22)23)19-20-17(21)26/h3-6,9,11H,7-8,10H2,1-2H3,(H,20,26)(H,22,23)/b18-9-. The van der Waals surface area contributed by atoms with Crippen LogP contribution < -0.4 is 10.3 Å². The van der Waals surface area contributed by atoms with Crippen LogP contribution in [0.5, 0.6) is 5.75 Å². The fourth-order valence-electron chi connectivity index (χ4n) is 1.96. The van der Waals surface area contributed by atoms with Gasteiger partial charge in [-0.3, -0.25) is 14.7 Å². The summed E-state index contributed by atoms with van der Waals surface area (Å²) >= 11 is 5.02. The molecule has 2 aromatic rings. The number of rotatable bonds is 8. The molecule has 0 atom stereocenters. The average Bonchev–Trinajstić information content (AvgIpc) is 2.60. The lowest BCUT2D eigenvalue weighted by atomic mass is 10.2. The van der Waals surface area contributed by atoms with E-state index in [1.54, 1.807) is 0 Å². The molecule has 0 fully saturated rings. The largest absolute Gasteiger partial charge is 0.493 e. The fraction of sp³-hybridized carbons (Fsp3) is 0.353. The molecule has 1 heterocycles. The van der Waals surface area contributed by atoms with Gasteiger partial charge in [-0.2, -0.15) is 14.9 Å². The molecule has 0 saturated carbocycles. The van der Waals surface area contributed by atoms with Gasteiger partial charge < -0.3 is 9.84 Å². The number of carboxylic acid groups (broad SMARTS) is 1. The number of hydrogen-bond donors (Lipinski definition) is 2. The highest BCUT2D eigenvalue weighted by molar-refractivity contribution is 7.71. The Hall–Kier alpha value is -2.81. The maximum Gasteiger partial charge on any atom is 0.303 e. The molecule has 8 nitrogen and oxygen atoms in total. The summed E-state index contributed by atoms with van der Waals surface area (Å²) in [5.41, 5.74) is 0.283. The molecule has 0 amide bonds. The number of aliphatic carboxylic acids is 1. The van der Waals surface area contributed by atoms with Crippen molar-refractivity contribution in [1.29, 1.82) is 0 Å². The molecule has 0 aliphatic rings. The predicted octanol–water partition coefficient (Wildman–Crippen LogP) is 2.24. The molecule has 0 aliphatic carbocycles. The molecule has 2 rings (SSSR count). The Bertz CT molecular complexity index is 900. The minimum atomic E-state index is -1.01. The lowest BCUT2D eigenvalue weighted by Crippen LogP contribution is -2.25. The Morgan fingerprint density at radius 1 is 1.42 bits per heavy atom. The molecule has 26 heavy (non-hydrogen) atoms. The molecule has 1 aromatic carbocycles. The quantitative estimate of drug-likeness (QED) is 0.540. The van der Waals surface area contributed by atoms with Gasteiger partial charge in [0.1, 0.15) is 11.4 Å². The summed E-state index contributed by atoms with van der Waals surface area (Å²) < 4.78 is 6.63. The first-order valence-electron chi connectivity index (χ1n) is 8.06. The number of ether oxygens (including phenoxy) is 1. The van der Waals surface area contributed by atoms with Gasteiger partial charge in [-0.1, -0.05) is 13.8 Å². The van der Waals surface area contributed by atoms with Crippen LogP contribution in [0.15, 0.2) is 34.2 Å². The second-order valence-corrected chi connectivity index (χ2v) is 6.39. The lowest BCUT2D eigenvalue weighted by molar-refractivity contribution is -0.136. The zero-order valence-corrected chi connectivity index (χ0v) is 15.3. The van der Waals surface area contributed by atoms with E-state index < -0.39 is 11.5 Å². The van der Waals surface area contributed by atoms with Crippen molar-refractivity contribution in [2.75, 3.05) is 6.61 Å². The van der Waals surface area contributed by atoms with Crippen LogP contribution in [0.4, 0.5) is 0 Å². The number of carboxylic acids is 1. The summed E-state index contributed by atoms with van der Waals surface area (Å²) in [4.78, 5) is 23.0. The molecule has 0 bridgehead atoms. The molecule has 0 aliphatic heterocycles. The van der Waals surface area contributed by atoms with Crippen molar-refractivity contribution in [1.82, 2.24) is 14.9 Å². The molecular formula is C17H20N4O4S. The second kappa shape index (κ2) is 9.04. The second-order valence-electron chi connectivity index (χ2n) is 6.00. The Kier molecular flexibility index (Phi) is 6.79. The molecule has 0 radical (unpaired) electrons. The van der Waals surface area contributed by atoms with Gasteiger partial charge in [-0.05, 0) is 48.0 Å². The lowest BCUT2D eigenvalue weighted by Gasteiger charge is -2.08. The van der Waals surface area contributed by atoms with Crippen molar-refractivity contribution in [2.24, 2.45) is 11.0 Å². The Morgan fingerprint density at radius 2 is 2.12 bits per heavy atom. The van der Waals surface area contributed by atoms with Crippen molar-refractivity contribution < 1.29 is 14.6 Å². The van der Waals surface area contributed by atoms with Crippen molar-refractivity contribution in [3.8, 4) is 5.75 Å². The third kappa shape index (κ3) is 5.62. The van der Waals surface area contributed by atoms with Crippen LogP contribution in [-0.4, -0.2) is 38.8 Å². The summed E-state index contributed by atoms with van der Waals surface area (Å²) in [5, 5.41) is 19.1. The van der Waals surface area contributed by atoms with Crippen LogP contribution in [0.25, 0.3) is 0 Å². The first kappa shape index (κ1) is 19.5. The number of benzene rings is 1. The average molecular weight is 376 g/mol. The van der Waals surface area contributed by atoms with E-state index in [-0.39, 0.29) is 23.3 Å². The third-order valence-corrected chi connectivity index (χ3v) is 3.54. The molecular weight excluding hydrogens is 356 g/mol. The van der Waals surface area contributed by atoms with Crippen LogP contribution >= 0.6 is 12.2 Å². The molecule has 0 unspecified atom stereocenters. The Labute approximate surface area is 155 Å². The number of nitrogens with zero attached hydrogens (tertiary/aromatic N) is 3. The molecule has 9 heteroatoms. The molecule has 138 valence electrons. The smallest absolute Gasteiger partial charge is 0.303 e. The minimum absolute atomic E-state index is 0.00229. The van der Waals surface area contributed by atoms with E-state index in [0.29, 0.717) is 12.5 Å². The zero-order chi connectivity index (χ0) is 19.1. The highest BCUT2D eigenvalue weighted by Gasteiger charge is 2.09. The molecule has 2 N–H and O–H groups in total. The fourth-order valence-corrected chi connectivity index (χ4v) is 2.13. The molecule has 1 aromatic heterocycles. The summed E-state index contributed by atoms with van der Waals surface area (Å²) in [6.45, 7) is 4.78. The van der Waals surface area contributed by atoms with Crippen molar-refractivity contribution in [2.45, 2.75) is 26.7 Å².